The summed E-state index contributed by atoms with van der Waals surface area (Å²) in [5, 5.41) is 7.12. The summed E-state index contributed by atoms with van der Waals surface area (Å²) in [4.78, 5) is 7.63. The highest BCUT2D eigenvalue weighted by atomic mass is 32.1. The van der Waals surface area contributed by atoms with E-state index in [4.69, 9.17) is 11.1 Å². The molecule has 0 saturated carbocycles. The van der Waals surface area contributed by atoms with Gasteiger partial charge in [-0.25, -0.2) is 4.98 Å². The Kier molecular flexibility index (Phi) is 4.03. The Morgan fingerprint density at radius 1 is 1.71 bits per heavy atom. The van der Waals surface area contributed by atoms with Crippen LogP contribution in [-0.2, 0) is 6.54 Å². The van der Waals surface area contributed by atoms with Crippen molar-refractivity contribution in [3.05, 3.63) is 16.1 Å². The van der Waals surface area contributed by atoms with Gasteiger partial charge in [-0.05, 0) is 14.0 Å². The number of nitrogens with zero attached hydrogens (tertiary/aromatic N) is 2. The molecule has 0 spiro atoms. The topological polar surface area (TPSA) is 66.0 Å². The average Bonchev–Trinajstić information content (AvgIpc) is 2.49. The van der Waals surface area contributed by atoms with E-state index in [1.54, 1.807) is 11.3 Å². The summed E-state index contributed by atoms with van der Waals surface area (Å²) in [7, 11) is 2.03. The molecule has 14 heavy (non-hydrogen) atoms. The van der Waals surface area contributed by atoms with E-state index in [-0.39, 0.29) is 5.84 Å². The molecule has 0 amide bonds. The Morgan fingerprint density at radius 3 is 2.93 bits per heavy atom. The third-order valence-corrected chi connectivity index (χ3v) is 2.94. The molecule has 5 heteroatoms. The minimum absolute atomic E-state index is 0.248. The number of hydrogen-bond donors (Lipinski definition) is 2. The third-order valence-electron chi connectivity index (χ3n) is 2.02. The molecule has 0 bridgehead atoms. The maximum absolute atomic E-state index is 7.12. The van der Waals surface area contributed by atoms with Crippen molar-refractivity contribution < 1.29 is 0 Å². The summed E-state index contributed by atoms with van der Waals surface area (Å²) >= 11 is 1.67. The molecule has 0 aliphatic rings. The van der Waals surface area contributed by atoms with Crippen LogP contribution in [0.1, 0.15) is 17.0 Å². The lowest BCUT2D eigenvalue weighted by Crippen LogP contribution is -2.23. The first-order valence-corrected chi connectivity index (χ1v) is 5.38. The number of rotatable bonds is 5. The van der Waals surface area contributed by atoms with Crippen molar-refractivity contribution in [1.82, 2.24) is 9.88 Å². The maximum Gasteiger partial charge on any atom is 0.0918 e. The van der Waals surface area contributed by atoms with Crippen LogP contribution in [0.5, 0.6) is 0 Å². The molecule has 4 nitrogen and oxygen atoms in total. The predicted molar refractivity (Wildman–Crippen MR) is 59.7 cm³/mol. The molecule has 0 aliphatic heterocycles. The van der Waals surface area contributed by atoms with Crippen molar-refractivity contribution in [2.45, 2.75) is 19.9 Å². The van der Waals surface area contributed by atoms with Gasteiger partial charge in [0.1, 0.15) is 0 Å². The number of amidine groups is 1. The number of nitrogens with one attached hydrogen (secondary N) is 1. The lowest BCUT2D eigenvalue weighted by atomic mass is 10.3. The normalized spacial score (nSPS) is 10.8. The summed E-state index contributed by atoms with van der Waals surface area (Å²) in [6, 6.07) is 0. The smallest absolute Gasteiger partial charge is 0.0918 e. The first kappa shape index (κ1) is 11.1. The van der Waals surface area contributed by atoms with E-state index >= 15 is 0 Å². The molecule has 1 rings (SSSR count). The predicted octanol–water partition coefficient (Wildman–Crippen LogP) is 1.21. The van der Waals surface area contributed by atoms with Crippen LogP contribution in [0.4, 0.5) is 0 Å². The Hall–Kier alpha value is -0.940. The summed E-state index contributed by atoms with van der Waals surface area (Å²) < 4.78 is 0. The first-order chi connectivity index (χ1) is 6.59. The molecule has 1 aromatic heterocycles. The molecular weight excluding hydrogens is 196 g/mol. The fourth-order valence-electron chi connectivity index (χ4n) is 1.11. The third kappa shape index (κ3) is 3.43. The van der Waals surface area contributed by atoms with Gasteiger partial charge in [-0.15, -0.1) is 11.3 Å². The van der Waals surface area contributed by atoms with Gasteiger partial charge in [-0.1, -0.05) is 0 Å². The molecule has 0 radical (unpaired) electrons. The van der Waals surface area contributed by atoms with Gasteiger partial charge in [-0.2, -0.15) is 0 Å². The van der Waals surface area contributed by atoms with Crippen molar-refractivity contribution in [3.8, 4) is 0 Å². The minimum Gasteiger partial charge on any atom is -0.388 e. The van der Waals surface area contributed by atoms with E-state index in [9.17, 15) is 0 Å². The standard InChI is InChI=1S/C9H16N4S/c1-7-8(14-6-12-7)5-13(2)4-3-9(10)11/h6H,3-5H2,1-2H3,(H3,10,11). The van der Waals surface area contributed by atoms with Crippen LogP contribution in [0.15, 0.2) is 5.51 Å². The zero-order valence-corrected chi connectivity index (χ0v) is 9.40. The van der Waals surface area contributed by atoms with Crippen LogP contribution in [0, 0.1) is 12.3 Å². The van der Waals surface area contributed by atoms with Gasteiger partial charge < -0.3 is 10.6 Å². The molecule has 78 valence electrons. The van der Waals surface area contributed by atoms with Crippen LogP contribution in [0.3, 0.4) is 0 Å². The van der Waals surface area contributed by atoms with Gasteiger partial charge in [0.15, 0.2) is 0 Å². The highest BCUT2D eigenvalue weighted by Crippen LogP contribution is 2.13. The van der Waals surface area contributed by atoms with Crippen LogP contribution >= 0.6 is 11.3 Å². The van der Waals surface area contributed by atoms with Gasteiger partial charge in [-0.3, -0.25) is 5.41 Å². The quantitative estimate of drug-likeness (QED) is 0.569. The molecule has 1 aromatic rings. The Morgan fingerprint density at radius 2 is 2.43 bits per heavy atom. The average molecular weight is 212 g/mol. The van der Waals surface area contributed by atoms with Crippen LogP contribution in [0.25, 0.3) is 0 Å². The van der Waals surface area contributed by atoms with Gasteiger partial charge in [0.2, 0.25) is 0 Å². The summed E-state index contributed by atoms with van der Waals surface area (Å²) in [6.07, 6.45) is 0.633. The van der Waals surface area contributed by atoms with E-state index in [0.717, 1.165) is 18.8 Å². The summed E-state index contributed by atoms with van der Waals surface area (Å²) in [5.41, 5.74) is 8.26. The largest absolute Gasteiger partial charge is 0.388 e. The molecule has 0 aliphatic carbocycles. The van der Waals surface area contributed by atoms with E-state index in [2.05, 4.69) is 9.88 Å². The van der Waals surface area contributed by atoms with Gasteiger partial charge in [0.05, 0.1) is 17.0 Å². The highest BCUT2D eigenvalue weighted by Gasteiger charge is 2.05. The molecule has 0 fully saturated rings. The van der Waals surface area contributed by atoms with Crippen molar-refractivity contribution in [3.63, 3.8) is 0 Å². The molecule has 0 atom stereocenters. The number of thiazole rings is 1. The van der Waals surface area contributed by atoms with Gasteiger partial charge in [0.25, 0.3) is 0 Å². The van der Waals surface area contributed by atoms with Gasteiger partial charge in [0, 0.05) is 24.4 Å². The minimum atomic E-state index is 0.248. The van der Waals surface area contributed by atoms with E-state index in [1.807, 2.05) is 19.5 Å². The first-order valence-electron chi connectivity index (χ1n) is 4.50. The SMILES string of the molecule is Cc1ncsc1CN(C)CCC(=N)N. The fraction of sp³-hybridized carbons (Fsp3) is 0.556. The second kappa shape index (κ2) is 5.07. The Balaban J connectivity index is 2.37. The Bertz CT molecular complexity index is 308. The summed E-state index contributed by atoms with van der Waals surface area (Å²) in [5.74, 6) is 0.248. The van der Waals surface area contributed by atoms with E-state index in [0.29, 0.717) is 6.42 Å². The number of nitrogens with two attached hydrogens (primary N) is 1. The monoisotopic (exact) mass is 212 g/mol. The lowest BCUT2D eigenvalue weighted by Gasteiger charge is -2.14. The lowest BCUT2D eigenvalue weighted by molar-refractivity contribution is 0.338. The van der Waals surface area contributed by atoms with Crippen molar-refractivity contribution in [1.29, 1.82) is 5.41 Å². The highest BCUT2D eigenvalue weighted by molar-refractivity contribution is 7.09. The van der Waals surface area contributed by atoms with E-state index < -0.39 is 0 Å². The second-order valence-corrected chi connectivity index (χ2v) is 4.31. The second-order valence-electron chi connectivity index (χ2n) is 3.37. The van der Waals surface area contributed by atoms with Gasteiger partial charge >= 0.3 is 0 Å². The number of aryl methyl sites for hydroxylation is 1. The van der Waals surface area contributed by atoms with Crippen molar-refractivity contribution >= 4 is 17.2 Å². The number of hydrogen-bond acceptors (Lipinski definition) is 4. The molecule has 0 saturated heterocycles. The molecule has 1 heterocycles. The van der Waals surface area contributed by atoms with Crippen LogP contribution in [-0.4, -0.2) is 29.3 Å². The van der Waals surface area contributed by atoms with E-state index in [1.165, 1.54) is 4.88 Å². The fourth-order valence-corrected chi connectivity index (χ4v) is 1.97. The zero-order valence-electron chi connectivity index (χ0n) is 8.58. The molecule has 3 N–H and O–H groups in total. The zero-order chi connectivity index (χ0) is 10.6. The van der Waals surface area contributed by atoms with Crippen LogP contribution in [0.2, 0.25) is 0 Å². The maximum atomic E-state index is 7.12. The molecule has 0 aromatic carbocycles. The van der Waals surface area contributed by atoms with Crippen molar-refractivity contribution in [2.75, 3.05) is 13.6 Å². The Labute approximate surface area is 88.3 Å². The summed E-state index contributed by atoms with van der Waals surface area (Å²) in [6.45, 7) is 3.74. The molecular formula is C9H16N4S. The molecule has 0 unspecified atom stereocenters. The van der Waals surface area contributed by atoms with Crippen molar-refractivity contribution in [2.24, 2.45) is 5.73 Å². The number of aromatic nitrogens is 1. The van der Waals surface area contributed by atoms with Crippen LogP contribution < -0.4 is 5.73 Å².